The fourth-order valence-electron chi connectivity index (χ4n) is 4.43. The van der Waals surface area contributed by atoms with Crippen molar-refractivity contribution in [3.8, 4) is 22.6 Å². The zero-order valence-electron chi connectivity index (χ0n) is 18.7. The molecule has 1 heterocycles. The number of aromatic nitrogens is 1. The van der Waals surface area contributed by atoms with E-state index in [2.05, 4.69) is 67.8 Å². The summed E-state index contributed by atoms with van der Waals surface area (Å²) in [5, 5.41) is 2.63. The first-order chi connectivity index (χ1) is 14.6. The summed E-state index contributed by atoms with van der Waals surface area (Å²) in [6.45, 7) is 7.55. The van der Waals surface area contributed by atoms with Crippen LogP contribution in [0.3, 0.4) is 0 Å². The van der Waals surface area contributed by atoms with E-state index in [1.54, 1.807) is 14.2 Å². The summed E-state index contributed by atoms with van der Waals surface area (Å²) in [6, 6.07) is 17.7. The summed E-state index contributed by atoms with van der Waals surface area (Å²) < 4.78 is 13.7. The van der Waals surface area contributed by atoms with E-state index in [-0.39, 0.29) is 0 Å². The molecular weight excluding hydrogens is 370 g/mol. The lowest BCUT2D eigenvalue weighted by Crippen LogP contribution is -1.97. The van der Waals surface area contributed by atoms with Gasteiger partial charge >= 0.3 is 0 Å². The smallest absolute Gasteiger partial charge is 0.130 e. The summed E-state index contributed by atoms with van der Waals surface area (Å²) >= 11 is 0. The Hall–Kier alpha value is -2.94. The van der Waals surface area contributed by atoms with Crippen molar-refractivity contribution in [2.75, 3.05) is 14.2 Å². The molecule has 0 fully saturated rings. The van der Waals surface area contributed by atoms with Crippen molar-refractivity contribution in [3.05, 3.63) is 59.7 Å². The SMILES string of the molecule is CCCCCn1c2ccc(C)cc2c2cc(-c3cc(C)c(OC)cc3OC)ccc21. The molecule has 0 aliphatic carbocycles. The van der Waals surface area contributed by atoms with Crippen molar-refractivity contribution in [3.63, 3.8) is 0 Å². The highest BCUT2D eigenvalue weighted by Crippen LogP contribution is 2.39. The van der Waals surface area contributed by atoms with Gasteiger partial charge in [0, 0.05) is 40.0 Å². The Bertz CT molecular complexity index is 1200. The lowest BCUT2D eigenvalue weighted by atomic mass is 9.99. The molecule has 0 amide bonds. The average molecular weight is 402 g/mol. The first kappa shape index (κ1) is 20.3. The molecule has 0 radical (unpaired) electrons. The van der Waals surface area contributed by atoms with E-state index in [1.807, 2.05) is 6.07 Å². The number of hydrogen-bond donors (Lipinski definition) is 0. The first-order valence-corrected chi connectivity index (χ1v) is 10.8. The van der Waals surface area contributed by atoms with E-state index in [4.69, 9.17) is 9.47 Å². The number of hydrogen-bond acceptors (Lipinski definition) is 2. The molecule has 4 rings (SSSR count). The molecule has 0 saturated heterocycles. The topological polar surface area (TPSA) is 23.4 Å². The predicted molar refractivity (Wildman–Crippen MR) is 127 cm³/mol. The van der Waals surface area contributed by atoms with Crippen molar-refractivity contribution < 1.29 is 9.47 Å². The molecule has 0 saturated carbocycles. The first-order valence-electron chi connectivity index (χ1n) is 10.8. The molecule has 4 aromatic rings. The molecule has 3 aromatic carbocycles. The van der Waals surface area contributed by atoms with Crippen LogP contribution in [0.2, 0.25) is 0 Å². The van der Waals surface area contributed by atoms with Crippen molar-refractivity contribution in [1.29, 1.82) is 0 Å². The van der Waals surface area contributed by atoms with Crippen LogP contribution >= 0.6 is 0 Å². The van der Waals surface area contributed by atoms with E-state index < -0.39 is 0 Å². The molecule has 156 valence electrons. The van der Waals surface area contributed by atoms with Crippen molar-refractivity contribution in [1.82, 2.24) is 4.57 Å². The maximum absolute atomic E-state index is 5.70. The third kappa shape index (κ3) is 3.54. The van der Waals surface area contributed by atoms with Crippen LogP contribution in [0.4, 0.5) is 0 Å². The Labute approximate surface area is 179 Å². The Balaban J connectivity index is 1.92. The fraction of sp³-hybridized carbons (Fsp3) is 0.333. The van der Waals surface area contributed by atoms with E-state index in [9.17, 15) is 0 Å². The molecule has 0 aliphatic rings. The van der Waals surface area contributed by atoms with Crippen molar-refractivity contribution >= 4 is 21.8 Å². The van der Waals surface area contributed by atoms with E-state index in [0.29, 0.717) is 0 Å². The van der Waals surface area contributed by atoms with E-state index in [1.165, 1.54) is 52.2 Å². The van der Waals surface area contributed by atoms with Crippen molar-refractivity contribution in [2.45, 2.75) is 46.6 Å². The molecule has 1 aromatic heterocycles. The van der Waals surface area contributed by atoms with Crippen LogP contribution < -0.4 is 9.47 Å². The Kier molecular flexibility index (Phi) is 5.72. The highest BCUT2D eigenvalue weighted by atomic mass is 16.5. The number of fused-ring (bicyclic) bond motifs is 3. The van der Waals surface area contributed by atoms with Crippen LogP contribution in [0, 0.1) is 13.8 Å². The van der Waals surface area contributed by atoms with Gasteiger partial charge in [0.2, 0.25) is 0 Å². The van der Waals surface area contributed by atoms with Gasteiger partial charge in [0.15, 0.2) is 0 Å². The molecule has 3 heteroatoms. The third-order valence-electron chi connectivity index (χ3n) is 6.03. The van der Waals surface area contributed by atoms with Crippen LogP contribution in [0.25, 0.3) is 32.9 Å². The Morgan fingerprint density at radius 1 is 0.767 bits per heavy atom. The Morgan fingerprint density at radius 2 is 1.47 bits per heavy atom. The maximum atomic E-state index is 5.70. The third-order valence-corrected chi connectivity index (χ3v) is 6.03. The van der Waals surface area contributed by atoms with Gasteiger partial charge in [-0.05, 0) is 61.7 Å². The minimum absolute atomic E-state index is 0.833. The number of unbranched alkanes of at least 4 members (excludes halogenated alkanes) is 2. The van der Waals surface area contributed by atoms with Crippen molar-refractivity contribution in [2.24, 2.45) is 0 Å². The second kappa shape index (κ2) is 8.43. The summed E-state index contributed by atoms with van der Waals surface area (Å²) in [4.78, 5) is 0. The minimum Gasteiger partial charge on any atom is -0.496 e. The standard InChI is InChI=1S/C27H31NO2/c1-6-7-8-13-28-24-11-9-18(2)14-22(24)23-16-20(10-12-25(23)28)21-15-19(3)26(29-4)17-27(21)30-5/h9-12,14-17H,6-8,13H2,1-5H3. The number of nitrogens with zero attached hydrogens (tertiary/aromatic N) is 1. The summed E-state index contributed by atoms with van der Waals surface area (Å²) in [7, 11) is 3.42. The average Bonchev–Trinajstić information content (AvgIpc) is 3.06. The number of benzene rings is 3. The summed E-state index contributed by atoms with van der Waals surface area (Å²) in [5.41, 5.74) is 7.28. The number of aryl methyl sites for hydroxylation is 3. The molecule has 0 spiro atoms. The van der Waals surface area contributed by atoms with Gasteiger partial charge in [0.1, 0.15) is 11.5 Å². The van der Waals surface area contributed by atoms with Crippen LogP contribution in [0.1, 0.15) is 37.3 Å². The zero-order valence-corrected chi connectivity index (χ0v) is 18.7. The predicted octanol–water partition coefficient (Wildman–Crippen LogP) is 7.29. The minimum atomic E-state index is 0.833. The van der Waals surface area contributed by atoms with Gasteiger partial charge < -0.3 is 14.0 Å². The lowest BCUT2D eigenvalue weighted by Gasteiger charge is -2.14. The zero-order chi connectivity index (χ0) is 21.3. The van der Waals surface area contributed by atoms with Gasteiger partial charge in [0.05, 0.1) is 14.2 Å². The normalized spacial score (nSPS) is 11.4. The van der Waals surface area contributed by atoms with Gasteiger partial charge in [-0.1, -0.05) is 37.5 Å². The van der Waals surface area contributed by atoms with Gasteiger partial charge in [-0.15, -0.1) is 0 Å². The number of rotatable bonds is 7. The maximum Gasteiger partial charge on any atom is 0.130 e. The molecule has 0 bridgehead atoms. The summed E-state index contributed by atoms with van der Waals surface area (Å²) in [5.74, 6) is 1.68. The Morgan fingerprint density at radius 3 is 2.17 bits per heavy atom. The van der Waals surface area contributed by atoms with Gasteiger partial charge in [0.25, 0.3) is 0 Å². The molecule has 0 atom stereocenters. The van der Waals surface area contributed by atoms with Crippen LogP contribution in [0.5, 0.6) is 11.5 Å². The summed E-state index contributed by atoms with van der Waals surface area (Å²) in [6.07, 6.45) is 3.70. The second-order valence-electron chi connectivity index (χ2n) is 8.13. The molecule has 0 aliphatic heterocycles. The molecule has 0 N–H and O–H groups in total. The van der Waals surface area contributed by atoms with Gasteiger partial charge in [-0.25, -0.2) is 0 Å². The molecule has 3 nitrogen and oxygen atoms in total. The van der Waals surface area contributed by atoms with Gasteiger partial charge in [-0.2, -0.15) is 0 Å². The quantitative estimate of drug-likeness (QED) is 0.304. The van der Waals surface area contributed by atoms with E-state index in [0.717, 1.165) is 29.2 Å². The molecule has 30 heavy (non-hydrogen) atoms. The lowest BCUT2D eigenvalue weighted by molar-refractivity contribution is 0.393. The van der Waals surface area contributed by atoms with Gasteiger partial charge in [-0.3, -0.25) is 0 Å². The van der Waals surface area contributed by atoms with E-state index >= 15 is 0 Å². The molecule has 0 unspecified atom stereocenters. The second-order valence-corrected chi connectivity index (χ2v) is 8.13. The van der Waals surface area contributed by atoms with Crippen LogP contribution in [-0.2, 0) is 6.54 Å². The monoisotopic (exact) mass is 401 g/mol. The van der Waals surface area contributed by atoms with Crippen LogP contribution in [-0.4, -0.2) is 18.8 Å². The largest absolute Gasteiger partial charge is 0.496 e. The number of ether oxygens (including phenoxy) is 2. The molecular formula is C27H31NO2. The highest BCUT2D eigenvalue weighted by Gasteiger charge is 2.15. The van der Waals surface area contributed by atoms with Crippen LogP contribution in [0.15, 0.2) is 48.5 Å². The highest BCUT2D eigenvalue weighted by molar-refractivity contribution is 6.09. The number of methoxy groups -OCH3 is 2. The fourth-order valence-corrected chi connectivity index (χ4v) is 4.43.